The van der Waals surface area contributed by atoms with Gasteiger partial charge in [-0.25, -0.2) is 13.4 Å². The zero-order valence-electron chi connectivity index (χ0n) is 18.3. The van der Waals surface area contributed by atoms with Gasteiger partial charge in [0.25, 0.3) is 0 Å². The summed E-state index contributed by atoms with van der Waals surface area (Å²) in [4.78, 5) is 13.2. The van der Waals surface area contributed by atoms with Crippen molar-refractivity contribution in [2.75, 3.05) is 25.2 Å². The zero-order chi connectivity index (χ0) is 23.6. The van der Waals surface area contributed by atoms with Crippen LogP contribution in [0.3, 0.4) is 0 Å². The van der Waals surface area contributed by atoms with E-state index >= 15 is 0 Å². The molecule has 1 amide bonds. The van der Waals surface area contributed by atoms with Gasteiger partial charge in [0.05, 0.1) is 38.5 Å². The topological polar surface area (TPSA) is 110 Å². The Labute approximate surface area is 191 Å². The number of hydrazone groups is 1. The fourth-order valence-electron chi connectivity index (χ4n) is 3.70. The fraction of sp³-hybridized carbons (Fsp3) is 0.217. The van der Waals surface area contributed by atoms with E-state index in [1.54, 1.807) is 56.7 Å². The van der Waals surface area contributed by atoms with Gasteiger partial charge in [-0.1, -0.05) is 12.1 Å². The van der Waals surface area contributed by atoms with Gasteiger partial charge in [-0.15, -0.1) is 0 Å². The van der Waals surface area contributed by atoms with Crippen LogP contribution in [0.2, 0.25) is 0 Å². The number of rotatable bonds is 7. The van der Waals surface area contributed by atoms with Crippen molar-refractivity contribution >= 4 is 27.3 Å². The molecule has 0 aliphatic carbocycles. The van der Waals surface area contributed by atoms with Crippen molar-refractivity contribution in [3.05, 3.63) is 77.7 Å². The Hall–Kier alpha value is -3.79. The third-order valence-electron chi connectivity index (χ3n) is 5.15. The normalized spacial score (nSPS) is 15.8. The van der Waals surface area contributed by atoms with Crippen molar-refractivity contribution in [3.8, 4) is 11.5 Å². The van der Waals surface area contributed by atoms with Gasteiger partial charge in [-0.05, 0) is 48.0 Å². The molecule has 0 saturated heterocycles. The van der Waals surface area contributed by atoms with Crippen molar-refractivity contribution in [3.63, 3.8) is 0 Å². The molecule has 1 N–H and O–H groups in total. The number of amides is 1. The third kappa shape index (κ3) is 4.85. The van der Waals surface area contributed by atoms with Crippen molar-refractivity contribution in [2.24, 2.45) is 5.10 Å². The van der Waals surface area contributed by atoms with Crippen LogP contribution in [0.4, 0.5) is 5.69 Å². The molecule has 1 aliphatic rings. The summed E-state index contributed by atoms with van der Waals surface area (Å²) >= 11 is 0. The predicted octanol–water partition coefficient (Wildman–Crippen LogP) is 3.66. The van der Waals surface area contributed by atoms with Gasteiger partial charge in [0.15, 0.2) is 5.76 Å². The lowest BCUT2D eigenvalue weighted by atomic mass is 9.97. The smallest absolute Gasteiger partial charge is 0.310 e. The van der Waals surface area contributed by atoms with Crippen molar-refractivity contribution in [1.82, 2.24) is 5.01 Å². The van der Waals surface area contributed by atoms with E-state index in [1.807, 2.05) is 12.1 Å². The molecule has 10 heteroatoms. The summed E-state index contributed by atoms with van der Waals surface area (Å²) in [6.07, 6.45) is 2.88. The van der Waals surface area contributed by atoms with Crippen LogP contribution in [0.15, 0.2) is 70.4 Å². The molecule has 1 aliphatic heterocycles. The largest absolute Gasteiger partial charge is 0.497 e. The molecule has 0 radical (unpaired) electrons. The second-order valence-electron chi connectivity index (χ2n) is 7.46. The highest BCUT2D eigenvalue weighted by Gasteiger charge is 2.36. The highest BCUT2D eigenvalue weighted by Crippen LogP contribution is 2.40. The molecular formula is C23H23N3O6S. The molecule has 33 heavy (non-hydrogen) atoms. The average molecular weight is 470 g/mol. The predicted molar refractivity (Wildman–Crippen MR) is 123 cm³/mol. The first-order valence-corrected chi connectivity index (χ1v) is 11.9. The van der Waals surface area contributed by atoms with Crippen LogP contribution in [0.25, 0.3) is 0 Å². The molecule has 3 aromatic rings. The van der Waals surface area contributed by atoms with Crippen molar-refractivity contribution < 1.29 is 27.1 Å². The summed E-state index contributed by atoms with van der Waals surface area (Å²) in [6.45, 7) is 0. The Morgan fingerprint density at radius 2 is 1.94 bits per heavy atom. The summed E-state index contributed by atoms with van der Waals surface area (Å²) in [5, 5.41) is 5.97. The highest BCUT2D eigenvalue weighted by molar-refractivity contribution is 7.92. The minimum Gasteiger partial charge on any atom is -0.497 e. The molecule has 1 atom stereocenters. The van der Waals surface area contributed by atoms with Crippen LogP contribution in [0.5, 0.6) is 11.5 Å². The first-order chi connectivity index (χ1) is 15.8. The van der Waals surface area contributed by atoms with Gasteiger partial charge in [0, 0.05) is 17.7 Å². The number of sulfonamides is 1. The minimum atomic E-state index is -3.44. The number of methoxy groups -OCH3 is 2. The SMILES string of the molecule is COc1ccc(OC)c([C@@H]2CC(c3cccc(NS(C)(=O)=O)c3)=NN2C(=O)c2ccco2)c1. The quantitative estimate of drug-likeness (QED) is 0.565. The van der Waals surface area contributed by atoms with E-state index < -0.39 is 22.0 Å². The number of benzene rings is 2. The molecule has 0 saturated carbocycles. The first kappa shape index (κ1) is 22.4. The van der Waals surface area contributed by atoms with Gasteiger partial charge in [-0.3, -0.25) is 9.52 Å². The van der Waals surface area contributed by atoms with Gasteiger partial charge in [0.1, 0.15) is 11.5 Å². The molecule has 2 aromatic carbocycles. The monoisotopic (exact) mass is 469 g/mol. The molecule has 1 aromatic heterocycles. The Bertz CT molecular complexity index is 1300. The molecule has 0 spiro atoms. The Morgan fingerprint density at radius 3 is 2.61 bits per heavy atom. The number of anilines is 1. The van der Waals surface area contributed by atoms with Crippen LogP contribution in [-0.4, -0.2) is 45.5 Å². The lowest BCUT2D eigenvalue weighted by Crippen LogP contribution is -2.27. The number of nitrogens with zero attached hydrogens (tertiary/aromatic N) is 2. The molecule has 2 heterocycles. The summed E-state index contributed by atoms with van der Waals surface area (Å²) < 4.78 is 42.0. The number of carbonyl (C=O) groups excluding carboxylic acids is 1. The molecule has 9 nitrogen and oxygen atoms in total. The summed E-state index contributed by atoms with van der Waals surface area (Å²) in [5.41, 5.74) is 2.43. The van der Waals surface area contributed by atoms with Crippen molar-refractivity contribution in [1.29, 1.82) is 0 Å². The van der Waals surface area contributed by atoms with E-state index in [0.29, 0.717) is 34.9 Å². The van der Waals surface area contributed by atoms with Gasteiger partial charge in [0.2, 0.25) is 10.0 Å². The lowest BCUT2D eigenvalue weighted by Gasteiger charge is -2.23. The standard InChI is InChI=1S/C23H23N3O6S/c1-30-17-9-10-21(31-2)18(13-17)20-14-19(24-26(20)23(27)22-8-5-11-32-22)15-6-4-7-16(12-15)25-33(3,28)29/h4-13,20,25H,14H2,1-3H3/t20-/m0/s1. The Balaban J connectivity index is 1.77. The van der Waals surface area contributed by atoms with E-state index in [9.17, 15) is 13.2 Å². The van der Waals surface area contributed by atoms with E-state index in [2.05, 4.69) is 9.82 Å². The first-order valence-electron chi connectivity index (χ1n) is 10.0. The van der Waals surface area contributed by atoms with Crippen LogP contribution in [0, 0.1) is 0 Å². The second-order valence-corrected chi connectivity index (χ2v) is 9.21. The van der Waals surface area contributed by atoms with Crippen LogP contribution in [0.1, 0.15) is 34.1 Å². The number of hydrogen-bond donors (Lipinski definition) is 1. The fourth-order valence-corrected chi connectivity index (χ4v) is 4.26. The maximum absolute atomic E-state index is 13.2. The Kier molecular flexibility index (Phi) is 6.10. The van der Waals surface area contributed by atoms with Gasteiger partial charge >= 0.3 is 5.91 Å². The maximum Gasteiger partial charge on any atom is 0.310 e. The highest BCUT2D eigenvalue weighted by atomic mass is 32.2. The molecule has 0 fully saturated rings. The lowest BCUT2D eigenvalue weighted by molar-refractivity contribution is 0.0676. The maximum atomic E-state index is 13.2. The molecule has 172 valence electrons. The zero-order valence-corrected chi connectivity index (χ0v) is 19.1. The van der Waals surface area contributed by atoms with Crippen LogP contribution >= 0.6 is 0 Å². The summed E-state index contributed by atoms with van der Waals surface area (Å²) in [6, 6.07) is 14.9. The van der Waals surface area contributed by atoms with Gasteiger partial charge < -0.3 is 13.9 Å². The number of carbonyl (C=O) groups is 1. The minimum absolute atomic E-state index is 0.152. The number of furan rings is 1. The second kappa shape index (κ2) is 8.99. The molecule has 4 rings (SSSR count). The van der Waals surface area contributed by atoms with E-state index in [4.69, 9.17) is 13.9 Å². The van der Waals surface area contributed by atoms with Crippen LogP contribution < -0.4 is 14.2 Å². The Morgan fingerprint density at radius 1 is 1.12 bits per heavy atom. The average Bonchev–Trinajstić information content (AvgIpc) is 3.48. The third-order valence-corrected chi connectivity index (χ3v) is 5.75. The number of hydrogen-bond acceptors (Lipinski definition) is 7. The summed E-state index contributed by atoms with van der Waals surface area (Å²) in [7, 11) is -0.319. The molecular weight excluding hydrogens is 446 g/mol. The van der Waals surface area contributed by atoms with Gasteiger partial charge in [-0.2, -0.15) is 5.10 Å². The van der Waals surface area contributed by atoms with Crippen molar-refractivity contribution in [2.45, 2.75) is 12.5 Å². The summed E-state index contributed by atoms with van der Waals surface area (Å²) in [5.74, 6) is 0.945. The van der Waals surface area contributed by atoms with E-state index in [1.165, 1.54) is 11.3 Å². The van der Waals surface area contributed by atoms with E-state index in [0.717, 1.165) is 11.8 Å². The molecule has 0 unspecified atom stereocenters. The van der Waals surface area contributed by atoms with E-state index in [-0.39, 0.29) is 5.76 Å². The molecule has 0 bridgehead atoms. The number of ether oxygens (including phenoxy) is 2. The number of nitrogens with one attached hydrogen (secondary N) is 1. The van der Waals surface area contributed by atoms with Crippen LogP contribution in [-0.2, 0) is 10.0 Å².